The molecule has 0 radical (unpaired) electrons. The highest BCUT2D eigenvalue weighted by Crippen LogP contribution is 2.33. The Morgan fingerprint density at radius 2 is 2.13 bits per heavy atom. The Labute approximate surface area is 86.7 Å². The van der Waals surface area contributed by atoms with Gasteiger partial charge in [-0.3, -0.25) is 10.1 Å². The van der Waals surface area contributed by atoms with E-state index in [1.807, 2.05) is 0 Å². The summed E-state index contributed by atoms with van der Waals surface area (Å²) in [6.45, 7) is 0. The SMILES string of the molecule is N[C@H](CC(F)(F)F)c1ccc([N+](=O)[O-])s1. The largest absolute Gasteiger partial charge is 0.390 e. The van der Waals surface area contributed by atoms with Crippen LogP contribution in [0.2, 0.25) is 0 Å². The second-order valence-electron chi connectivity index (χ2n) is 2.86. The number of hydrogen-bond donors (Lipinski definition) is 1. The van der Waals surface area contributed by atoms with Gasteiger partial charge in [-0.05, 0) is 6.07 Å². The Bertz CT molecular complexity index is 363. The van der Waals surface area contributed by atoms with Gasteiger partial charge in [0.1, 0.15) is 0 Å². The fraction of sp³-hybridized carbons (Fsp3) is 0.429. The van der Waals surface area contributed by atoms with E-state index in [2.05, 4.69) is 0 Å². The van der Waals surface area contributed by atoms with Crippen LogP contribution in [-0.4, -0.2) is 11.1 Å². The predicted octanol–water partition coefficient (Wildman–Crippen LogP) is 2.61. The van der Waals surface area contributed by atoms with Crippen LogP contribution in [-0.2, 0) is 0 Å². The van der Waals surface area contributed by atoms with Crippen molar-refractivity contribution in [3.05, 3.63) is 27.1 Å². The van der Waals surface area contributed by atoms with Gasteiger partial charge < -0.3 is 5.73 Å². The highest BCUT2D eigenvalue weighted by Gasteiger charge is 2.32. The molecule has 4 nitrogen and oxygen atoms in total. The quantitative estimate of drug-likeness (QED) is 0.652. The van der Waals surface area contributed by atoms with Crippen LogP contribution in [0.25, 0.3) is 0 Å². The van der Waals surface area contributed by atoms with Crippen molar-refractivity contribution < 1.29 is 18.1 Å². The van der Waals surface area contributed by atoms with Crippen molar-refractivity contribution in [2.75, 3.05) is 0 Å². The minimum atomic E-state index is -4.36. The van der Waals surface area contributed by atoms with Gasteiger partial charge >= 0.3 is 11.2 Å². The number of hydrogen-bond acceptors (Lipinski definition) is 4. The first kappa shape index (κ1) is 11.9. The van der Waals surface area contributed by atoms with E-state index in [-0.39, 0.29) is 9.88 Å². The van der Waals surface area contributed by atoms with Gasteiger partial charge in [-0.15, -0.1) is 0 Å². The molecule has 0 aliphatic heterocycles. The van der Waals surface area contributed by atoms with Gasteiger partial charge in [0.05, 0.1) is 11.3 Å². The zero-order valence-corrected chi connectivity index (χ0v) is 8.14. The van der Waals surface area contributed by atoms with Crippen LogP contribution >= 0.6 is 11.3 Å². The summed E-state index contributed by atoms with van der Waals surface area (Å²) in [4.78, 5) is 9.78. The fourth-order valence-corrected chi connectivity index (χ4v) is 1.81. The highest BCUT2D eigenvalue weighted by atomic mass is 32.1. The molecule has 0 spiro atoms. The average molecular weight is 240 g/mol. The second-order valence-corrected chi connectivity index (χ2v) is 3.95. The second kappa shape index (κ2) is 4.15. The summed E-state index contributed by atoms with van der Waals surface area (Å²) in [6.07, 6.45) is -5.54. The lowest BCUT2D eigenvalue weighted by atomic mass is 10.2. The Hall–Kier alpha value is -1.15. The minimum Gasteiger partial charge on any atom is -0.323 e. The molecule has 0 saturated heterocycles. The summed E-state index contributed by atoms with van der Waals surface area (Å²) in [5.41, 5.74) is 5.26. The number of thiophene rings is 1. The molecule has 8 heteroatoms. The van der Waals surface area contributed by atoms with Crippen LogP contribution < -0.4 is 5.73 Å². The van der Waals surface area contributed by atoms with Crippen molar-refractivity contribution in [2.24, 2.45) is 5.73 Å². The molecule has 1 heterocycles. The van der Waals surface area contributed by atoms with E-state index >= 15 is 0 Å². The van der Waals surface area contributed by atoms with Crippen LogP contribution in [0, 0.1) is 10.1 Å². The molecule has 0 aliphatic carbocycles. The number of nitro groups is 1. The standard InChI is InChI=1S/C7H7F3N2O2S/c8-7(9,10)3-4(11)5-1-2-6(15-5)12(13)14/h1-2,4H,3,11H2/t4-/m1/s1. The molecule has 0 unspecified atom stereocenters. The van der Waals surface area contributed by atoms with Gasteiger partial charge in [-0.2, -0.15) is 13.2 Å². The van der Waals surface area contributed by atoms with Crippen LogP contribution in [0.5, 0.6) is 0 Å². The Kier molecular flexibility index (Phi) is 3.30. The fourth-order valence-electron chi connectivity index (χ4n) is 0.990. The molecule has 0 saturated carbocycles. The molecule has 0 fully saturated rings. The van der Waals surface area contributed by atoms with Crippen molar-refractivity contribution in [3.63, 3.8) is 0 Å². The van der Waals surface area contributed by atoms with Crippen molar-refractivity contribution >= 4 is 16.3 Å². The number of nitrogens with two attached hydrogens (primary N) is 1. The summed E-state index contributed by atoms with van der Waals surface area (Å²) in [6, 6.07) is 1.17. The predicted molar refractivity (Wildman–Crippen MR) is 48.6 cm³/mol. The lowest BCUT2D eigenvalue weighted by Crippen LogP contribution is -2.19. The van der Waals surface area contributed by atoms with Crippen molar-refractivity contribution in [3.8, 4) is 0 Å². The maximum absolute atomic E-state index is 11.9. The monoisotopic (exact) mass is 240 g/mol. The third-order valence-corrected chi connectivity index (χ3v) is 2.78. The molecule has 15 heavy (non-hydrogen) atoms. The summed E-state index contributed by atoms with van der Waals surface area (Å²) in [5.74, 6) is 0. The molecule has 0 aromatic carbocycles. The number of nitrogens with zero attached hydrogens (tertiary/aromatic N) is 1. The zero-order valence-electron chi connectivity index (χ0n) is 7.32. The molecule has 2 N–H and O–H groups in total. The third kappa shape index (κ3) is 3.48. The van der Waals surface area contributed by atoms with Crippen LogP contribution in [0.3, 0.4) is 0 Å². The molecular formula is C7H7F3N2O2S. The van der Waals surface area contributed by atoms with E-state index in [0.29, 0.717) is 11.3 Å². The minimum absolute atomic E-state index is 0.166. The Balaban J connectivity index is 2.74. The molecule has 1 rings (SSSR count). The van der Waals surface area contributed by atoms with E-state index in [1.54, 1.807) is 0 Å². The van der Waals surface area contributed by atoms with Crippen LogP contribution in [0.4, 0.5) is 18.2 Å². The summed E-state index contributed by atoms with van der Waals surface area (Å²) in [5, 5.41) is 10.1. The first-order valence-electron chi connectivity index (χ1n) is 3.86. The smallest absolute Gasteiger partial charge is 0.323 e. The van der Waals surface area contributed by atoms with Gasteiger partial charge in [0.25, 0.3) is 0 Å². The lowest BCUT2D eigenvalue weighted by Gasteiger charge is -2.11. The normalized spacial score (nSPS) is 13.9. The zero-order chi connectivity index (χ0) is 11.6. The molecule has 1 aromatic heterocycles. The molecule has 0 bridgehead atoms. The van der Waals surface area contributed by atoms with E-state index in [0.717, 1.165) is 6.07 Å². The molecule has 84 valence electrons. The topological polar surface area (TPSA) is 69.2 Å². The Morgan fingerprint density at radius 3 is 2.53 bits per heavy atom. The van der Waals surface area contributed by atoms with Gasteiger partial charge in [0, 0.05) is 17.0 Å². The van der Waals surface area contributed by atoms with Crippen molar-refractivity contribution in [2.45, 2.75) is 18.6 Å². The number of rotatable bonds is 3. The van der Waals surface area contributed by atoms with Gasteiger partial charge in [-0.25, -0.2) is 0 Å². The van der Waals surface area contributed by atoms with Crippen molar-refractivity contribution in [1.29, 1.82) is 0 Å². The van der Waals surface area contributed by atoms with Gasteiger partial charge in [-0.1, -0.05) is 11.3 Å². The van der Waals surface area contributed by atoms with E-state index in [9.17, 15) is 23.3 Å². The first-order chi connectivity index (χ1) is 6.79. The summed E-state index contributed by atoms with van der Waals surface area (Å²) < 4.78 is 35.8. The number of alkyl halides is 3. The third-order valence-electron chi connectivity index (χ3n) is 1.61. The maximum atomic E-state index is 11.9. The van der Waals surface area contributed by atoms with E-state index in [1.165, 1.54) is 6.07 Å². The van der Waals surface area contributed by atoms with E-state index < -0.39 is 23.6 Å². The molecule has 1 aromatic rings. The van der Waals surface area contributed by atoms with E-state index in [4.69, 9.17) is 5.73 Å². The van der Waals surface area contributed by atoms with Gasteiger partial charge in [0.2, 0.25) is 0 Å². The summed E-state index contributed by atoms with van der Waals surface area (Å²) in [7, 11) is 0. The lowest BCUT2D eigenvalue weighted by molar-refractivity contribution is -0.380. The van der Waals surface area contributed by atoms with Crippen LogP contribution in [0.15, 0.2) is 12.1 Å². The molecule has 0 amide bonds. The first-order valence-corrected chi connectivity index (χ1v) is 4.67. The molecule has 0 aliphatic rings. The highest BCUT2D eigenvalue weighted by molar-refractivity contribution is 7.15. The van der Waals surface area contributed by atoms with Crippen molar-refractivity contribution in [1.82, 2.24) is 0 Å². The number of halogens is 3. The Morgan fingerprint density at radius 1 is 1.53 bits per heavy atom. The summed E-state index contributed by atoms with van der Waals surface area (Å²) >= 11 is 0.666. The molecular weight excluding hydrogens is 233 g/mol. The van der Waals surface area contributed by atoms with Gasteiger partial charge in [0.15, 0.2) is 0 Å². The average Bonchev–Trinajstić information content (AvgIpc) is 2.47. The van der Waals surface area contributed by atoms with Crippen LogP contribution in [0.1, 0.15) is 17.3 Å². The molecule has 1 atom stereocenters. The maximum Gasteiger partial charge on any atom is 0.390 e.